The fraction of sp³-hybridized carbons (Fsp3) is 0.556. The van der Waals surface area contributed by atoms with Crippen LogP contribution >= 0.6 is 0 Å². The molecule has 0 rings (SSSR count). The minimum Gasteiger partial charge on any atom is -0.481 e. The smallest absolute Gasteiger partial charge is 0.328 e. The summed E-state index contributed by atoms with van der Waals surface area (Å²) in [5, 5.41) is 21.1. The predicted molar refractivity (Wildman–Crippen MR) is 56.8 cm³/mol. The van der Waals surface area contributed by atoms with Crippen LogP contribution in [-0.2, 0) is 19.1 Å². The first-order valence-electron chi connectivity index (χ1n) is 4.87. The van der Waals surface area contributed by atoms with Gasteiger partial charge in [-0.05, 0) is 6.92 Å². The number of methoxy groups -OCH3 is 1. The lowest BCUT2D eigenvalue weighted by atomic mass is 10.2. The molecule has 0 heterocycles. The van der Waals surface area contributed by atoms with E-state index in [0.717, 1.165) is 7.11 Å². The molecule has 0 saturated carbocycles. The number of carbonyl (C=O) groups excluding carboxylic acids is 2. The second-order valence-electron chi connectivity index (χ2n) is 3.35. The molecule has 0 bridgehead atoms. The predicted octanol–water partition coefficient (Wildman–Crippen LogP) is -1.22. The molecule has 2 amide bonds. The van der Waals surface area contributed by atoms with Crippen LogP contribution in [0.1, 0.15) is 13.3 Å². The zero-order valence-electron chi connectivity index (χ0n) is 9.80. The Morgan fingerprint density at radius 1 is 1.17 bits per heavy atom. The zero-order chi connectivity index (χ0) is 14.3. The highest BCUT2D eigenvalue weighted by Crippen LogP contribution is 1.93. The molecule has 0 radical (unpaired) electrons. The first-order chi connectivity index (χ1) is 8.27. The molecule has 0 aromatic carbocycles. The van der Waals surface area contributed by atoms with Gasteiger partial charge in [0.15, 0.2) is 0 Å². The maximum absolute atomic E-state index is 11.3. The third-order valence-corrected chi connectivity index (χ3v) is 1.88. The van der Waals surface area contributed by atoms with Gasteiger partial charge in [-0.2, -0.15) is 0 Å². The lowest BCUT2D eigenvalue weighted by Crippen LogP contribution is -2.50. The van der Waals surface area contributed by atoms with Crippen LogP contribution in [-0.4, -0.2) is 53.3 Å². The molecule has 0 aliphatic carbocycles. The Bertz CT molecular complexity index is 355. The highest BCUT2D eigenvalue weighted by atomic mass is 16.5. The summed E-state index contributed by atoms with van der Waals surface area (Å²) in [5.74, 6) is -3.57. The van der Waals surface area contributed by atoms with E-state index >= 15 is 0 Å². The third kappa shape index (κ3) is 5.68. The average Bonchev–Trinajstić information content (AvgIpc) is 2.25. The molecule has 9 nitrogen and oxygen atoms in total. The summed E-state index contributed by atoms with van der Waals surface area (Å²) in [7, 11) is 1.13. The molecule has 4 N–H and O–H groups in total. The van der Waals surface area contributed by atoms with Gasteiger partial charge in [0.2, 0.25) is 0 Å². The normalized spacial score (nSPS) is 13.0. The number of aliphatic carboxylic acids is 2. The third-order valence-electron chi connectivity index (χ3n) is 1.88. The topological polar surface area (TPSA) is 142 Å². The van der Waals surface area contributed by atoms with Crippen molar-refractivity contribution in [2.75, 3.05) is 7.11 Å². The van der Waals surface area contributed by atoms with Gasteiger partial charge in [0.25, 0.3) is 0 Å². The molecule has 0 aliphatic heterocycles. The Kier molecular flexibility index (Phi) is 6.18. The largest absolute Gasteiger partial charge is 0.481 e. The summed E-state index contributed by atoms with van der Waals surface area (Å²) in [6, 6.07) is -3.52. The van der Waals surface area contributed by atoms with Gasteiger partial charge in [-0.15, -0.1) is 0 Å². The van der Waals surface area contributed by atoms with E-state index < -0.39 is 42.4 Å². The van der Waals surface area contributed by atoms with Gasteiger partial charge >= 0.3 is 23.9 Å². The van der Waals surface area contributed by atoms with E-state index in [4.69, 9.17) is 10.2 Å². The Hall–Kier alpha value is -2.32. The van der Waals surface area contributed by atoms with Gasteiger partial charge in [0.05, 0.1) is 13.5 Å². The molecular formula is C9H14N2O7. The minimum atomic E-state index is -1.58. The van der Waals surface area contributed by atoms with Crippen molar-refractivity contribution in [3.63, 3.8) is 0 Å². The van der Waals surface area contributed by atoms with Crippen molar-refractivity contribution in [1.29, 1.82) is 0 Å². The van der Waals surface area contributed by atoms with E-state index in [9.17, 15) is 19.2 Å². The van der Waals surface area contributed by atoms with Gasteiger partial charge in [0, 0.05) is 0 Å². The molecule has 0 aromatic rings. The fourth-order valence-electron chi connectivity index (χ4n) is 1.01. The summed E-state index contributed by atoms with van der Waals surface area (Å²) in [4.78, 5) is 43.3. The molecular weight excluding hydrogens is 248 g/mol. The number of carboxylic acid groups (broad SMARTS) is 2. The summed E-state index contributed by atoms with van der Waals surface area (Å²) < 4.78 is 4.34. The Morgan fingerprint density at radius 3 is 2.11 bits per heavy atom. The van der Waals surface area contributed by atoms with E-state index in [1.165, 1.54) is 6.92 Å². The van der Waals surface area contributed by atoms with E-state index in [1.54, 1.807) is 0 Å². The molecule has 102 valence electrons. The van der Waals surface area contributed by atoms with Crippen LogP contribution in [0.4, 0.5) is 4.79 Å². The quantitative estimate of drug-likeness (QED) is 0.439. The maximum Gasteiger partial charge on any atom is 0.328 e. The van der Waals surface area contributed by atoms with Gasteiger partial charge in [-0.25, -0.2) is 14.4 Å². The van der Waals surface area contributed by atoms with Crippen molar-refractivity contribution in [3.8, 4) is 0 Å². The number of carboxylic acids is 2. The fourth-order valence-corrected chi connectivity index (χ4v) is 1.01. The summed E-state index contributed by atoms with van der Waals surface area (Å²) in [6.07, 6.45) is -0.768. The van der Waals surface area contributed by atoms with Crippen LogP contribution in [0.5, 0.6) is 0 Å². The second kappa shape index (κ2) is 7.09. The molecule has 1 unspecified atom stereocenters. The molecule has 0 aromatic heterocycles. The second-order valence-corrected chi connectivity index (χ2v) is 3.35. The molecule has 9 heteroatoms. The first kappa shape index (κ1) is 15.7. The molecule has 0 spiro atoms. The molecule has 0 aliphatic rings. The number of amides is 2. The van der Waals surface area contributed by atoms with Crippen molar-refractivity contribution in [3.05, 3.63) is 0 Å². The number of esters is 1. The standard InChI is InChI=1S/C9H14N2O7/c1-4(8(16)18-2)10-9(17)11-5(7(14)15)3-6(12)13/h4-5H,3H2,1-2H3,(H,12,13)(H,14,15)(H2,10,11,17)/t4?,5-/m1/s1. The summed E-state index contributed by atoms with van der Waals surface area (Å²) in [6.45, 7) is 1.33. The van der Waals surface area contributed by atoms with Crippen molar-refractivity contribution in [2.45, 2.75) is 25.4 Å². The summed E-state index contributed by atoms with van der Waals surface area (Å²) >= 11 is 0. The van der Waals surface area contributed by atoms with Crippen LogP contribution in [0.15, 0.2) is 0 Å². The number of urea groups is 1. The van der Waals surface area contributed by atoms with Crippen molar-refractivity contribution >= 4 is 23.9 Å². The minimum absolute atomic E-state index is 0.713. The monoisotopic (exact) mass is 262 g/mol. The van der Waals surface area contributed by atoms with Gasteiger partial charge in [-0.3, -0.25) is 4.79 Å². The number of hydrogen-bond donors (Lipinski definition) is 4. The van der Waals surface area contributed by atoms with Crippen LogP contribution in [0.2, 0.25) is 0 Å². The molecule has 0 saturated heterocycles. The van der Waals surface area contributed by atoms with Gasteiger partial charge < -0.3 is 25.6 Å². The van der Waals surface area contributed by atoms with E-state index in [-0.39, 0.29) is 0 Å². The highest BCUT2D eigenvalue weighted by molar-refractivity contribution is 5.88. The van der Waals surface area contributed by atoms with Crippen LogP contribution in [0.25, 0.3) is 0 Å². The molecule has 18 heavy (non-hydrogen) atoms. The van der Waals surface area contributed by atoms with Crippen molar-refractivity contribution < 1.29 is 34.1 Å². The van der Waals surface area contributed by atoms with Gasteiger partial charge in [0.1, 0.15) is 12.1 Å². The Balaban J connectivity index is 4.38. The van der Waals surface area contributed by atoms with Crippen molar-refractivity contribution in [2.24, 2.45) is 0 Å². The van der Waals surface area contributed by atoms with Crippen LogP contribution < -0.4 is 10.6 Å². The van der Waals surface area contributed by atoms with E-state index in [0.29, 0.717) is 0 Å². The highest BCUT2D eigenvalue weighted by Gasteiger charge is 2.24. The van der Waals surface area contributed by atoms with Crippen LogP contribution in [0.3, 0.4) is 0 Å². The molecule has 2 atom stereocenters. The Morgan fingerprint density at radius 2 is 1.72 bits per heavy atom. The first-order valence-corrected chi connectivity index (χ1v) is 4.87. The number of ether oxygens (including phenoxy) is 1. The lowest BCUT2D eigenvalue weighted by molar-refractivity contribution is -0.145. The van der Waals surface area contributed by atoms with E-state index in [1.807, 2.05) is 5.32 Å². The molecule has 0 fully saturated rings. The summed E-state index contributed by atoms with van der Waals surface area (Å²) in [5.41, 5.74) is 0. The SMILES string of the molecule is COC(=O)C(C)NC(=O)N[C@H](CC(=O)O)C(=O)O. The van der Waals surface area contributed by atoms with Gasteiger partial charge in [-0.1, -0.05) is 0 Å². The van der Waals surface area contributed by atoms with Crippen molar-refractivity contribution in [1.82, 2.24) is 10.6 Å². The number of carbonyl (C=O) groups is 4. The maximum atomic E-state index is 11.3. The number of rotatable bonds is 6. The average molecular weight is 262 g/mol. The lowest BCUT2D eigenvalue weighted by Gasteiger charge is -2.15. The van der Waals surface area contributed by atoms with Crippen LogP contribution in [0, 0.1) is 0 Å². The van der Waals surface area contributed by atoms with E-state index in [2.05, 4.69) is 10.1 Å². The Labute approximate surface area is 102 Å². The zero-order valence-corrected chi connectivity index (χ0v) is 9.80. The number of nitrogens with one attached hydrogen (secondary N) is 2. The number of hydrogen-bond acceptors (Lipinski definition) is 5.